The molecule has 3 nitrogen and oxygen atoms in total. The zero-order valence-electron chi connectivity index (χ0n) is 11.3. The molecule has 1 aliphatic heterocycles. The molecule has 1 aromatic carbocycles. The molecule has 6 heteroatoms. The van der Waals surface area contributed by atoms with Gasteiger partial charge in [-0.15, -0.1) is 0 Å². The molecule has 0 amide bonds. The number of piperidine rings is 1. The number of alkyl halides is 3. The Balaban J connectivity index is 2.16. The maximum Gasteiger partial charge on any atom is 0.416 e. The van der Waals surface area contributed by atoms with E-state index in [1.54, 1.807) is 0 Å². The van der Waals surface area contributed by atoms with Crippen molar-refractivity contribution in [1.82, 2.24) is 4.90 Å². The predicted octanol–water partition coefficient (Wildman–Crippen LogP) is 2.66. The average Bonchev–Trinajstić information content (AvgIpc) is 2.37. The molecule has 1 fully saturated rings. The highest BCUT2D eigenvalue weighted by atomic mass is 19.4. The van der Waals surface area contributed by atoms with E-state index in [4.69, 9.17) is 5.73 Å². The topological polar surface area (TPSA) is 49.5 Å². The quantitative estimate of drug-likeness (QED) is 0.823. The van der Waals surface area contributed by atoms with Crippen LogP contribution in [0.5, 0.6) is 0 Å². The third-order valence-corrected chi connectivity index (χ3v) is 3.94. The standard InChI is InChI=1S/C14H19F3N2O/c1-19-6-4-9(5-7-19)13(20)11-3-2-10(8-12(11)18)14(15,16)17/h2-3,8-9,13,20H,4-7,18H2,1H3. The predicted molar refractivity (Wildman–Crippen MR) is 71.0 cm³/mol. The van der Waals surface area contributed by atoms with Gasteiger partial charge in [0.15, 0.2) is 0 Å². The molecule has 0 aromatic heterocycles. The first-order valence-electron chi connectivity index (χ1n) is 6.62. The largest absolute Gasteiger partial charge is 0.416 e. The molecule has 1 heterocycles. The monoisotopic (exact) mass is 288 g/mol. The van der Waals surface area contributed by atoms with Crippen molar-refractivity contribution < 1.29 is 18.3 Å². The zero-order chi connectivity index (χ0) is 14.9. The van der Waals surface area contributed by atoms with E-state index in [2.05, 4.69) is 4.90 Å². The Kier molecular flexibility index (Phi) is 4.25. The van der Waals surface area contributed by atoms with Gasteiger partial charge in [0.2, 0.25) is 0 Å². The number of nitrogen functional groups attached to an aromatic ring is 1. The summed E-state index contributed by atoms with van der Waals surface area (Å²) in [5.41, 5.74) is 5.30. The van der Waals surface area contributed by atoms with Gasteiger partial charge in [-0.3, -0.25) is 0 Å². The van der Waals surface area contributed by atoms with Crippen LogP contribution >= 0.6 is 0 Å². The second kappa shape index (κ2) is 5.61. The van der Waals surface area contributed by atoms with Gasteiger partial charge in [0.05, 0.1) is 11.7 Å². The van der Waals surface area contributed by atoms with E-state index in [-0.39, 0.29) is 11.6 Å². The number of aliphatic hydroxyl groups excluding tert-OH is 1. The Hall–Kier alpha value is -1.27. The molecule has 20 heavy (non-hydrogen) atoms. The lowest BCUT2D eigenvalue weighted by molar-refractivity contribution is -0.137. The summed E-state index contributed by atoms with van der Waals surface area (Å²) < 4.78 is 37.7. The fourth-order valence-corrected chi connectivity index (χ4v) is 2.62. The van der Waals surface area contributed by atoms with Crippen molar-refractivity contribution in [2.75, 3.05) is 25.9 Å². The Labute approximate surface area is 116 Å². The summed E-state index contributed by atoms with van der Waals surface area (Å²) in [4.78, 5) is 2.17. The minimum absolute atomic E-state index is 0.00579. The first-order chi connectivity index (χ1) is 9.29. The smallest absolute Gasteiger partial charge is 0.398 e. The molecule has 0 aliphatic carbocycles. The highest BCUT2D eigenvalue weighted by Crippen LogP contribution is 2.36. The summed E-state index contributed by atoms with van der Waals surface area (Å²) in [6.45, 7) is 1.75. The zero-order valence-corrected chi connectivity index (χ0v) is 11.3. The van der Waals surface area contributed by atoms with Gasteiger partial charge >= 0.3 is 6.18 Å². The Morgan fingerprint density at radius 3 is 2.40 bits per heavy atom. The molecule has 112 valence electrons. The Morgan fingerprint density at radius 1 is 1.30 bits per heavy atom. The maximum atomic E-state index is 12.6. The minimum atomic E-state index is -4.41. The van der Waals surface area contributed by atoms with Gasteiger partial charge in [0.1, 0.15) is 0 Å². The number of nitrogens with zero attached hydrogens (tertiary/aromatic N) is 1. The number of benzene rings is 1. The van der Waals surface area contributed by atoms with Crippen LogP contribution in [-0.4, -0.2) is 30.1 Å². The summed E-state index contributed by atoms with van der Waals surface area (Å²) >= 11 is 0. The second-order valence-electron chi connectivity index (χ2n) is 5.43. The van der Waals surface area contributed by atoms with E-state index in [0.29, 0.717) is 5.56 Å². The lowest BCUT2D eigenvalue weighted by Crippen LogP contribution is -2.32. The number of halogens is 3. The first kappa shape index (κ1) is 15.1. The highest BCUT2D eigenvalue weighted by molar-refractivity contribution is 5.51. The van der Waals surface area contributed by atoms with E-state index in [0.717, 1.165) is 38.1 Å². The van der Waals surface area contributed by atoms with Crippen LogP contribution in [0.4, 0.5) is 18.9 Å². The maximum absolute atomic E-state index is 12.6. The molecule has 0 radical (unpaired) electrons. The summed E-state index contributed by atoms with van der Waals surface area (Å²) in [5.74, 6) is 0.0465. The molecule has 1 atom stereocenters. The van der Waals surface area contributed by atoms with E-state index in [1.165, 1.54) is 6.07 Å². The van der Waals surface area contributed by atoms with Crippen LogP contribution in [0, 0.1) is 5.92 Å². The van der Waals surface area contributed by atoms with E-state index >= 15 is 0 Å². The molecular weight excluding hydrogens is 269 g/mol. The first-order valence-corrected chi connectivity index (χ1v) is 6.62. The van der Waals surface area contributed by atoms with Crippen molar-refractivity contribution in [2.45, 2.75) is 25.1 Å². The highest BCUT2D eigenvalue weighted by Gasteiger charge is 2.32. The molecule has 1 aromatic rings. The minimum Gasteiger partial charge on any atom is -0.398 e. The van der Waals surface area contributed by atoms with E-state index in [1.807, 2.05) is 7.05 Å². The average molecular weight is 288 g/mol. The molecule has 1 unspecified atom stereocenters. The Morgan fingerprint density at radius 2 is 1.90 bits per heavy atom. The van der Waals surface area contributed by atoms with Gasteiger partial charge < -0.3 is 15.7 Å². The van der Waals surface area contributed by atoms with Crippen molar-refractivity contribution in [1.29, 1.82) is 0 Å². The Bertz CT molecular complexity index is 468. The summed E-state index contributed by atoms with van der Waals surface area (Å²) in [6, 6.07) is 3.17. The van der Waals surface area contributed by atoms with Crippen LogP contribution in [0.1, 0.15) is 30.1 Å². The number of anilines is 1. The van der Waals surface area contributed by atoms with Gasteiger partial charge in [-0.2, -0.15) is 13.2 Å². The van der Waals surface area contributed by atoms with Crippen molar-refractivity contribution >= 4 is 5.69 Å². The van der Waals surface area contributed by atoms with Crippen molar-refractivity contribution in [2.24, 2.45) is 5.92 Å². The summed E-state index contributed by atoms with van der Waals surface area (Å²) in [7, 11) is 2.01. The lowest BCUT2D eigenvalue weighted by Gasteiger charge is -2.32. The summed E-state index contributed by atoms with van der Waals surface area (Å²) in [5, 5.41) is 10.3. The molecule has 3 N–H and O–H groups in total. The molecule has 1 saturated heterocycles. The fraction of sp³-hybridized carbons (Fsp3) is 0.571. The van der Waals surface area contributed by atoms with Crippen LogP contribution in [-0.2, 0) is 6.18 Å². The third-order valence-electron chi connectivity index (χ3n) is 3.94. The van der Waals surface area contributed by atoms with Gasteiger partial charge in [0, 0.05) is 11.3 Å². The van der Waals surface area contributed by atoms with Gasteiger partial charge in [0.25, 0.3) is 0 Å². The van der Waals surface area contributed by atoms with Crippen molar-refractivity contribution in [3.8, 4) is 0 Å². The third kappa shape index (κ3) is 3.24. The van der Waals surface area contributed by atoms with Crippen LogP contribution in [0.25, 0.3) is 0 Å². The fourth-order valence-electron chi connectivity index (χ4n) is 2.62. The van der Waals surface area contributed by atoms with Gasteiger partial charge in [-0.25, -0.2) is 0 Å². The molecular formula is C14H19F3N2O. The van der Waals surface area contributed by atoms with Crippen LogP contribution in [0.2, 0.25) is 0 Å². The van der Waals surface area contributed by atoms with Crippen LogP contribution < -0.4 is 5.73 Å². The van der Waals surface area contributed by atoms with Crippen LogP contribution in [0.3, 0.4) is 0 Å². The van der Waals surface area contributed by atoms with Gasteiger partial charge in [-0.1, -0.05) is 6.07 Å². The number of hydrogen-bond donors (Lipinski definition) is 2. The molecule has 2 rings (SSSR count). The van der Waals surface area contributed by atoms with E-state index < -0.39 is 17.8 Å². The normalized spacial score (nSPS) is 20.1. The number of hydrogen-bond acceptors (Lipinski definition) is 3. The number of rotatable bonds is 2. The molecule has 0 saturated carbocycles. The van der Waals surface area contributed by atoms with Gasteiger partial charge in [-0.05, 0) is 51.0 Å². The number of aliphatic hydroxyl groups is 1. The molecule has 1 aliphatic rings. The second-order valence-corrected chi connectivity index (χ2v) is 5.43. The summed E-state index contributed by atoms with van der Waals surface area (Å²) in [6.07, 6.45) is -3.58. The SMILES string of the molecule is CN1CCC(C(O)c2ccc(C(F)(F)F)cc2N)CC1. The van der Waals surface area contributed by atoms with Crippen molar-refractivity contribution in [3.05, 3.63) is 29.3 Å². The van der Waals surface area contributed by atoms with Crippen molar-refractivity contribution in [3.63, 3.8) is 0 Å². The number of nitrogens with two attached hydrogens (primary N) is 1. The molecule has 0 bridgehead atoms. The lowest BCUT2D eigenvalue weighted by atomic mass is 9.86. The van der Waals surface area contributed by atoms with Crippen LogP contribution in [0.15, 0.2) is 18.2 Å². The number of likely N-dealkylation sites (tertiary alicyclic amines) is 1. The molecule has 0 spiro atoms. The van der Waals surface area contributed by atoms with E-state index in [9.17, 15) is 18.3 Å².